The molecule has 1 aromatic rings. The van der Waals surface area contributed by atoms with Crippen LogP contribution in [0.2, 0.25) is 0 Å². The lowest BCUT2D eigenvalue weighted by atomic mass is 10.3. The van der Waals surface area contributed by atoms with Crippen LogP contribution in [0.3, 0.4) is 0 Å². The van der Waals surface area contributed by atoms with Crippen molar-refractivity contribution < 1.29 is 19.4 Å². The molecule has 19 heavy (non-hydrogen) atoms. The molecule has 0 aromatic heterocycles. The normalized spacial score (nSPS) is 9.21. The number of carbonyl (C=O) groups excluding carboxylic acids is 1. The number of carbonyl (C=O) groups is 2. The van der Waals surface area contributed by atoms with E-state index in [2.05, 4.69) is 16.6 Å². The smallest absolute Gasteiger partial charge is 0.341 e. The molecule has 0 aliphatic carbocycles. The van der Waals surface area contributed by atoms with Gasteiger partial charge in [0.2, 0.25) is 0 Å². The predicted octanol–water partition coefficient (Wildman–Crippen LogP) is 1.29. The fourth-order valence-corrected chi connectivity index (χ4v) is 1.23. The highest BCUT2D eigenvalue weighted by Gasteiger charge is 2.03. The Hall–Kier alpha value is -2.68. The molecule has 0 saturated carbocycles. The third-order valence-corrected chi connectivity index (χ3v) is 2.01. The maximum Gasteiger partial charge on any atom is 0.341 e. The lowest BCUT2D eigenvalue weighted by molar-refractivity contribution is -0.139. The van der Waals surface area contributed by atoms with Gasteiger partial charge in [0.05, 0.1) is 0 Å². The first kappa shape index (κ1) is 14.4. The van der Waals surface area contributed by atoms with E-state index in [0.29, 0.717) is 24.4 Å². The number of anilines is 1. The van der Waals surface area contributed by atoms with Crippen molar-refractivity contribution in [2.75, 3.05) is 18.5 Å². The van der Waals surface area contributed by atoms with Gasteiger partial charge < -0.3 is 20.5 Å². The maximum atomic E-state index is 11.4. The highest BCUT2D eigenvalue weighted by atomic mass is 16.5. The Morgan fingerprint density at radius 2 is 2.21 bits per heavy atom. The van der Waals surface area contributed by atoms with Gasteiger partial charge in [0.15, 0.2) is 6.61 Å². The first-order valence-corrected chi connectivity index (χ1v) is 5.55. The molecule has 3 N–H and O–H groups in total. The summed E-state index contributed by atoms with van der Waals surface area (Å²) in [6.07, 6.45) is 5.51. The number of benzene rings is 1. The summed E-state index contributed by atoms with van der Waals surface area (Å²) < 4.78 is 4.99. The van der Waals surface area contributed by atoms with Gasteiger partial charge in [-0.15, -0.1) is 12.3 Å². The summed E-state index contributed by atoms with van der Waals surface area (Å²) in [5, 5.41) is 13.6. The monoisotopic (exact) mass is 262 g/mol. The Morgan fingerprint density at radius 3 is 2.89 bits per heavy atom. The summed E-state index contributed by atoms with van der Waals surface area (Å²) in [4.78, 5) is 21.8. The van der Waals surface area contributed by atoms with E-state index in [9.17, 15) is 9.59 Å². The minimum absolute atomic E-state index is 0.365. The Balaban J connectivity index is 2.49. The summed E-state index contributed by atoms with van der Waals surface area (Å²) in [5.74, 6) is 1.71. The summed E-state index contributed by atoms with van der Waals surface area (Å²) in [5.41, 5.74) is 0.501. The number of carboxylic acid groups (broad SMARTS) is 1. The minimum Gasteiger partial charge on any atom is -0.482 e. The number of urea groups is 1. The first-order valence-electron chi connectivity index (χ1n) is 5.55. The Bertz CT molecular complexity index is 494. The van der Waals surface area contributed by atoms with Gasteiger partial charge in [0, 0.05) is 24.7 Å². The van der Waals surface area contributed by atoms with Gasteiger partial charge in [-0.05, 0) is 12.1 Å². The van der Waals surface area contributed by atoms with Crippen LogP contribution in [0.4, 0.5) is 10.5 Å². The van der Waals surface area contributed by atoms with Crippen LogP contribution in [-0.4, -0.2) is 30.3 Å². The molecule has 0 unspecified atom stereocenters. The highest BCUT2D eigenvalue weighted by Crippen LogP contribution is 2.17. The number of rotatable bonds is 6. The summed E-state index contributed by atoms with van der Waals surface area (Å²) in [7, 11) is 0. The van der Waals surface area contributed by atoms with Gasteiger partial charge in [0.25, 0.3) is 0 Å². The Morgan fingerprint density at radius 1 is 1.42 bits per heavy atom. The van der Waals surface area contributed by atoms with Gasteiger partial charge in [-0.25, -0.2) is 9.59 Å². The van der Waals surface area contributed by atoms with Crippen LogP contribution in [0.25, 0.3) is 0 Å². The second-order valence-corrected chi connectivity index (χ2v) is 3.55. The molecule has 0 aliphatic heterocycles. The number of terminal acetylenes is 1. The van der Waals surface area contributed by atoms with E-state index in [4.69, 9.17) is 16.3 Å². The number of nitrogens with one attached hydrogen (secondary N) is 2. The molecule has 0 radical (unpaired) electrons. The van der Waals surface area contributed by atoms with Gasteiger partial charge >= 0.3 is 12.0 Å². The number of ether oxygens (including phenoxy) is 1. The number of hydrogen-bond acceptors (Lipinski definition) is 3. The number of hydrogen-bond donors (Lipinski definition) is 3. The van der Waals surface area contributed by atoms with Crippen LogP contribution in [0, 0.1) is 12.3 Å². The lowest BCUT2D eigenvalue weighted by Crippen LogP contribution is -2.29. The van der Waals surface area contributed by atoms with E-state index in [1.165, 1.54) is 6.07 Å². The fraction of sp³-hybridized carbons (Fsp3) is 0.231. The molecule has 2 amide bonds. The maximum absolute atomic E-state index is 11.4. The van der Waals surface area contributed by atoms with Gasteiger partial charge in [-0.3, -0.25) is 0 Å². The topological polar surface area (TPSA) is 87.7 Å². The molecule has 1 aromatic carbocycles. The third kappa shape index (κ3) is 5.98. The molecule has 0 saturated heterocycles. The van der Waals surface area contributed by atoms with Crippen molar-refractivity contribution in [1.82, 2.24) is 5.32 Å². The van der Waals surface area contributed by atoms with Gasteiger partial charge in [-0.2, -0.15) is 0 Å². The van der Waals surface area contributed by atoms with E-state index < -0.39 is 12.6 Å². The van der Waals surface area contributed by atoms with Crippen molar-refractivity contribution in [3.63, 3.8) is 0 Å². The zero-order valence-electron chi connectivity index (χ0n) is 10.2. The second kappa shape index (κ2) is 7.61. The van der Waals surface area contributed by atoms with Gasteiger partial charge in [0.1, 0.15) is 5.75 Å². The van der Waals surface area contributed by atoms with Crippen molar-refractivity contribution in [3.8, 4) is 18.1 Å². The van der Waals surface area contributed by atoms with Crippen LogP contribution >= 0.6 is 0 Å². The second-order valence-electron chi connectivity index (χ2n) is 3.55. The van der Waals surface area contributed by atoms with E-state index in [1.807, 2.05) is 0 Å². The van der Waals surface area contributed by atoms with E-state index in [0.717, 1.165) is 0 Å². The number of aliphatic carboxylic acids is 1. The van der Waals surface area contributed by atoms with Crippen molar-refractivity contribution in [2.45, 2.75) is 6.42 Å². The predicted molar refractivity (Wildman–Crippen MR) is 70.0 cm³/mol. The van der Waals surface area contributed by atoms with E-state index >= 15 is 0 Å². The molecule has 0 atom stereocenters. The van der Waals surface area contributed by atoms with Crippen molar-refractivity contribution in [3.05, 3.63) is 24.3 Å². The number of carboxylic acids is 1. The lowest BCUT2D eigenvalue weighted by Gasteiger charge is -2.08. The fourth-order valence-electron chi connectivity index (χ4n) is 1.23. The zero-order valence-corrected chi connectivity index (χ0v) is 10.2. The summed E-state index contributed by atoms with van der Waals surface area (Å²) >= 11 is 0. The van der Waals surface area contributed by atoms with Crippen LogP contribution in [-0.2, 0) is 4.79 Å². The first-order chi connectivity index (χ1) is 9.11. The molecule has 0 fully saturated rings. The SMILES string of the molecule is C#CCCNC(=O)Nc1cccc(OCC(=O)O)c1. The van der Waals surface area contributed by atoms with E-state index in [-0.39, 0.29) is 6.03 Å². The molecule has 6 nitrogen and oxygen atoms in total. The molecule has 0 aliphatic rings. The highest BCUT2D eigenvalue weighted by molar-refractivity contribution is 5.89. The molecule has 6 heteroatoms. The molecule has 0 bridgehead atoms. The summed E-state index contributed by atoms with van der Waals surface area (Å²) in [6.45, 7) is -0.0463. The number of amides is 2. The third-order valence-electron chi connectivity index (χ3n) is 2.01. The molecular weight excluding hydrogens is 248 g/mol. The Labute approximate surface area is 110 Å². The average molecular weight is 262 g/mol. The molecule has 0 heterocycles. The van der Waals surface area contributed by atoms with Crippen LogP contribution in [0.15, 0.2) is 24.3 Å². The Kier molecular flexibility index (Phi) is 5.76. The van der Waals surface area contributed by atoms with Crippen molar-refractivity contribution in [1.29, 1.82) is 0 Å². The van der Waals surface area contributed by atoms with Crippen LogP contribution in [0.1, 0.15) is 6.42 Å². The van der Waals surface area contributed by atoms with Crippen LogP contribution in [0.5, 0.6) is 5.75 Å². The average Bonchev–Trinajstić information content (AvgIpc) is 2.37. The standard InChI is InChI=1S/C13H14N2O4/c1-2-3-7-14-13(18)15-10-5-4-6-11(8-10)19-9-12(16)17/h1,4-6,8H,3,7,9H2,(H,16,17)(H2,14,15,18). The molecule has 1 rings (SSSR count). The van der Waals surface area contributed by atoms with Gasteiger partial charge in [-0.1, -0.05) is 6.07 Å². The minimum atomic E-state index is -1.06. The zero-order chi connectivity index (χ0) is 14.1. The van der Waals surface area contributed by atoms with E-state index in [1.54, 1.807) is 18.2 Å². The molecular formula is C13H14N2O4. The van der Waals surface area contributed by atoms with Crippen molar-refractivity contribution >= 4 is 17.7 Å². The summed E-state index contributed by atoms with van der Waals surface area (Å²) in [6, 6.07) is 6.06. The van der Waals surface area contributed by atoms with Crippen LogP contribution < -0.4 is 15.4 Å². The largest absolute Gasteiger partial charge is 0.482 e. The molecule has 100 valence electrons. The van der Waals surface area contributed by atoms with Crippen molar-refractivity contribution in [2.24, 2.45) is 0 Å². The molecule has 0 spiro atoms. The quantitative estimate of drug-likeness (QED) is 0.532.